The normalized spacial score (nSPS) is 11.1. The topological polar surface area (TPSA) is 37.8 Å². The van der Waals surface area contributed by atoms with Crippen LogP contribution in [-0.4, -0.2) is 9.97 Å². The Labute approximate surface area is 155 Å². The van der Waals surface area contributed by atoms with Gasteiger partial charge in [-0.3, -0.25) is 0 Å². The SMILES string of the molecule is Cc1ccc(Nc2ncnc3sc(C)c(-c4ccc(F)cc4)c23)cc1C. The smallest absolute Gasteiger partial charge is 0.143 e. The number of anilines is 2. The Balaban J connectivity index is 1.87. The van der Waals surface area contributed by atoms with E-state index in [2.05, 4.69) is 48.2 Å². The molecule has 2 heterocycles. The van der Waals surface area contributed by atoms with Crippen molar-refractivity contribution in [3.05, 3.63) is 70.6 Å². The van der Waals surface area contributed by atoms with Gasteiger partial charge in [0.1, 0.15) is 22.8 Å². The quantitative estimate of drug-likeness (QED) is 0.473. The number of thiophene rings is 1. The monoisotopic (exact) mass is 363 g/mol. The molecule has 4 rings (SSSR count). The summed E-state index contributed by atoms with van der Waals surface area (Å²) < 4.78 is 13.3. The van der Waals surface area contributed by atoms with Gasteiger partial charge in [-0.05, 0) is 61.7 Å². The van der Waals surface area contributed by atoms with Gasteiger partial charge in [0.15, 0.2) is 0 Å². The summed E-state index contributed by atoms with van der Waals surface area (Å²) >= 11 is 1.62. The maximum Gasteiger partial charge on any atom is 0.143 e. The van der Waals surface area contributed by atoms with Crippen LogP contribution in [-0.2, 0) is 0 Å². The predicted molar refractivity (Wildman–Crippen MR) is 107 cm³/mol. The van der Waals surface area contributed by atoms with Crippen molar-refractivity contribution in [2.75, 3.05) is 5.32 Å². The molecule has 4 aromatic rings. The highest BCUT2D eigenvalue weighted by atomic mass is 32.1. The number of nitrogens with one attached hydrogen (secondary N) is 1. The fraction of sp³-hybridized carbons (Fsp3) is 0.143. The Kier molecular flexibility index (Phi) is 4.17. The first-order valence-corrected chi connectivity index (χ1v) is 9.19. The lowest BCUT2D eigenvalue weighted by molar-refractivity contribution is 0.628. The second-order valence-corrected chi connectivity index (χ2v) is 7.57. The van der Waals surface area contributed by atoms with Gasteiger partial charge in [0.2, 0.25) is 0 Å². The number of aromatic nitrogens is 2. The van der Waals surface area contributed by atoms with Gasteiger partial charge in [-0.2, -0.15) is 0 Å². The Morgan fingerprint density at radius 3 is 2.42 bits per heavy atom. The lowest BCUT2D eigenvalue weighted by Crippen LogP contribution is -1.96. The van der Waals surface area contributed by atoms with Crippen molar-refractivity contribution in [2.24, 2.45) is 0 Å². The molecule has 0 spiro atoms. The van der Waals surface area contributed by atoms with Gasteiger partial charge in [0.05, 0.1) is 5.39 Å². The minimum absolute atomic E-state index is 0.240. The van der Waals surface area contributed by atoms with E-state index < -0.39 is 0 Å². The molecule has 3 nitrogen and oxygen atoms in total. The van der Waals surface area contributed by atoms with E-state index in [4.69, 9.17) is 0 Å². The lowest BCUT2D eigenvalue weighted by Gasteiger charge is -2.10. The van der Waals surface area contributed by atoms with Gasteiger partial charge in [-0.15, -0.1) is 11.3 Å². The molecule has 0 aliphatic carbocycles. The number of hydrogen-bond donors (Lipinski definition) is 1. The van der Waals surface area contributed by atoms with E-state index in [1.807, 2.05) is 6.07 Å². The van der Waals surface area contributed by atoms with Crippen LogP contribution in [0.25, 0.3) is 21.3 Å². The van der Waals surface area contributed by atoms with E-state index in [-0.39, 0.29) is 5.82 Å². The number of aryl methyl sites for hydroxylation is 3. The highest BCUT2D eigenvalue weighted by Gasteiger charge is 2.17. The zero-order valence-electron chi connectivity index (χ0n) is 14.8. The molecule has 0 aliphatic heterocycles. The number of fused-ring (bicyclic) bond motifs is 1. The van der Waals surface area contributed by atoms with Crippen molar-refractivity contribution in [2.45, 2.75) is 20.8 Å². The van der Waals surface area contributed by atoms with E-state index in [0.29, 0.717) is 0 Å². The minimum Gasteiger partial charge on any atom is -0.340 e. The van der Waals surface area contributed by atoms with E-state index >= 15 is 0 Å². The summed E-state index contributed by atoms with van der Waals surface area (Å²) in [5.41, 5.74) is 5.48. The summed E-state index contributed by atoms with van der Waals surface area (Å²) in [6, 6.07) is 12.8. The highest BCUT2D eigenvalue weighted by molar-refractivity contribution is 7.19. The summed E-state index contributed by atoms with van der Waals surface area (Å²) in [6.07, 6.45) is 1.58. The van der Waals surface area contributed by atoms with Gasteiger partial charge in [-0.1, -0.05) is 18.2 Å². The first-order valence-electron chi connectivity index (χ1n) is 8.37. The minimum atomic E-state index is -0.240. The van der Waals surface area contributed by atoms with Crippen LogP contribution in [0.15, 0.2) is 48.8 Å². The molecule has 0 bridgehead atoms. The summed E-state index contributed by atoms with van der Waals surface area (Å²) in [7, 11) is 0. The average Bonchev–Trinajstić information content (AvgIpc) is 2.96. The van der Waals surface area contributed by atoms with Crippen molar-refractivity contribution in [3.8, 4) is 11.1 Å². The van der Waals surface area contributed by atoms with Crippen LogP contribution in [0.4, 0.5) is 15.9 Å². The van der Waals surface area contributed by atoms with Crippen molar-refractivity contribution in [1.29, 1.82) is 0 Å². The molecule has 0 amide bonds. The summed E-state index contributed by atoms with van der Waals surface area (Å²) in [6.45, 7) is 6.25. The van der Waals surface area contributed by atoms with Gasteiger partial charge in [0, 0.05) is 16.1 Å². The van der Waals surface area contributed by atoms with Gasteiger partial charge in [-0.25, -0.2) is 14.4 Å². The van der Waals surface area contributed by atoms with Crippen LogP contribution >= 0.6 is 11.3 Å². The van der Waals surface area contributed by atoms with Crippen molar-refractivity contribution in [3.63, 3.8) is 0 Å². The summed E-state index contributed by atoms with van der Waals surface area (Å²) in [5.74, 6) is 0.526. The van der Waals surface area contributed by atoms with E-state index in [1.165, 1.54) is 23.3 Å². The molecule has 2 aromatic heterocycles. The molecule has 0 radical (unpaired) electrons. The number of halogens is 1. The molecule has 0 atom stereocenters. The van der Waals surface area contributed by atoms with E-state index in [1.54, 1.807) is 29.8 Å². The molecule has 0 aliphatic rings. The third kappa shape index (κ3) is 2.95. The maximum atomic E-state index is 13.3. The summed E-state index contributed by atoms with van der Waals surface area (Å²) in [4.78, 5) is 11.0. The zero-order valence-corrected chi connectivity index (χ0v) is 15.6. The molecule has 5 heteroatoms. The Bertz CT molecular complexity index is 1100. The number of hydrogen-bond acceptors (Lipinski definition) is 4. The maximum absolute atomic E-state index is 13.3. The Morgan fingerprint density at radius 2 is 1.69 bits per heavy atom. The van der Waals surface area contributed by atoms with Crippen LogP contribution in [0, 0.1) is 26.6 Å². The molecule has 1 N–H and O–H groups in total. The average molecular weight is 363 g/mol. The molecule has 2 aromatic carbocycles. The van der Waals surface area contributed by atoms with E-state index in [9.17, 15) is 4.39 Å². The molecule has 0 saturated carbocycles. The first-order chi connectivity index (χ1) is 12.5. The van der Waals surface area contributed by atoms with Crippen LogP contribution in [0.2, 0.25) is 0 Å². The largest absolute Gasteiger partial charge is 0.340 e. The number of rotatable bonds is 3. The zero-order chi connectivity index (χ0) is 18.3. The van der Waals surface area contributed by atoms with Crippen LogP contribution < -0.4 is 5.32 Å². The molecule has 130 valence electrons. The van der Waals surface area contributed by atoms with Crippen LogP contribution in [0.3, 0.4) is 0 Å². The Morgan fingerprint density at radius 1 is 0.923 bits per heavy atom. The molecular formula is C21H18FN3S. The first kappa shape index (κ1) is 16.7. The summed E-state index contributed by atoms with van der Waals surface area (Å²) in [5, 5.41) is 4.40. The molecule has 0 saturated heterocycles. The number of benzene rings is 2. The highest BCUT2D eigenvalue weighted by Crippen LogP contribution is 2.41. The molecular weight excluding hydrogens is 345 g/mol. The Hall–Kier alpha value is -2.79. The van der Waals surface area contributed by atoms with Crippen molar-refractivity contribution >= 4 is 33.1 Å². The molecule has 0 unspecified atom stereocenters. The number of nitrogens with zero attached hydrogens (tertiary/aromatic N) is 2. The molecule has 26 heavy (non-hydrogen) atoms. The second kappa shape index (κ2) is 6.50. The fourth-order valence-corrected chi connectivity index (χ4v) is 4.07. The standard InChI is InChI=1S/C21H18FN3S/c1-12-4-9-17(10-13(12)2)25-20-19-18(15-5-7-16(22)8-6-15)14(3)26-21(19)24-11-23-20/h4-11H,1-3H3,(H,23,24,25). The third-order valence-electron chi connectivity index (χ3n) is 4.57. The van der Waals surface area contributed by atoms with Crippen LogP contribution in [0.5, 0.6) is 0 Å². The fourth-order valence-electron chi connectivity index (χ4n) is 3.06. The lowest BCUT2D eigenvalue weighted by atomic mass is 10.0. The van der Waals surface area contributed by atoms with Crippen molar-refractivity contribution in [1.82, 2.24) is 9.97 Å². The van der Waals surface area contributed by atoms with Gasteiger partial charge >= 0.3 is 0 Å². The molecule has 0 fully saturated rings. The van der Waals surface area contributed by atoms with Crippen LogP contribution in [0.1, 0.15) is 16.0 Å². The third-order valence-corrected chi connectivity index (χ3v) is 5.58. The van der Waals surface area contributed by atoms with E-state index in [0.717, 1.165) is 37.7 Å². The second-order valence-electron chi connectivity index (χ2n) is 6.37. The van der Waals surface area contributed by atoms with Crippen molar-refractivity contribution < 1.29 is 4.39 Å². The predicted octanol–water partition coefficient (Wildman–Crippen LogP) is 6.17. The van der Waals surface area contributed by atoms with Gasteiger partial charge < -0.3 is 5.32 Å². The van der Waals surface area contributed by atoms with Gasteiger partial charge in [0.25, 0.3) is 0 Å².